The summed E-state index contributed by atoms with van der Waals surface area (Å²) < 4.78 is 10.3. The monoisotopic (exact) mass is 708 g/mol. The normalized spacial score (nSPS) is 15.4. The summed E-state index contributed by atoms with van der Waals surface area (Å²) in [5.74, 6) is -3.23. The quantitative estimate of drug-likeness (QED) is 0.116. The van der Waals surface area contributed by atoms with Crippen LogP contribution in [-0.2, 0) is 28.8 Å². The van der Waals surface area contributed by atoms with Crippen LogP contribution in [0.4, 0.5) is 11.4 Å². The van der Waals surface area contributed by atoms with Crippen molar-refractivity contribution in [1.29, 1.82) is 0 Å². The number of carbonyl (C=O) groups is 6. The third-order valence-corrected chi connectivity index (χ3v) is 8.47. The number of hydrogen-bond acceptors (Lipinski definition) is 10. The fourth-order valence-electron chi connectivity index (χ4n) is 6.31. The molecule has 2 aromatic carbocycles. The molecule has 4 N–H and O–H groups in total. The van der Waals surface area contributed by atoms with E-state index >= 15 is 0 Å². The molecule has 51 heavy (non-hydrogen) atoms. The van der Waals surface area contributed by atoms with Crippen LogP contribution in [0.25, 0.3) is 0 Å². The molecule has 14 heteroatoms. The number of aryl methyl sites for hydroxylation is 4. The Morgan fingerprint density at radius 1 is 0.745 bits per heavy atom. The van der Waals surface area contributed by atoms with Crippen LogP contribution < -0.4 is 20.1 Å². The first-order valence-corrected chi connectivity index (χ1v) is 16.9. The minimum Gasteiger partial charge on any atom is -0.478 e. The minimum absolute atomic E-state index is 0.142. The van der Waals surface area contributed by atoms with Crippen molar-refractivity contribution in [3.05, 3.63) is 58.2 Å². The Kier molecular flexibility index (Phi) is 14.9. The van der Waals surface area contributed by atoms with E-state index in [1.165, 1.54) is 13.8 Å². The number of nitrogens with zero attached hydrogens (tertiary/aromatic N) is 2. The Balaban J connectivity index is 1.63. The molecule has 1 saturated heterocycles. The number of amides is 2. The highest BCUT2D eigenvalue weighted by molar-refractivity contribution is 5.96. The van der Waals surface area contributed by atoms with Crippen molar-refractivity contribution < 1.29 is 48.5 Å². The van der Waals surface area contributed by atoms with Crippen LogP contribution in [-0.4, -0.2) is 94.5 Å². The van der Waals surface area contributed by atoms with E-state index in [0.29, 0.717) is 68.3 Å². The van der Waals surface area contributed by atoms with E-state index in [9.17, 15) is 39.0 Å². The van der Waals surface area contributed by atoms with Gasteiger partial charge in [0.15, 0.2) is 0 Å². The predicted octanol–water partition coefficient (Wildman–Crippen LogP) is 4.38. The first kappa shape index (κ1) is 40.4. The molecule has 0 radical (unpaired) electrons. The Labute approximate surface area is 297 Å². The fraction of sp³-hybridized carbons (Fsp3) is 0.459. The molecule has 0 saturated carbocycles. The summed E-state index contributed by atoms with van der Waals surface area (Å²) in [4.78, 5) is 76.3. The molecule has 14 nitrogen and oxygen atoms in total. The number of carboxylic acid groups (broad SMARTS) is 2. The van der Waals surface area contributed by atoms with Crippen LogP contribution >= 0.6 is 0 Å². The van der Waals surface area contributed by atoms with E-state index in [-0.39, 0.29) is 36.8 Å². The number of hydrogen-bond donors (Lipinski definition) is 4. The summed E-state index contributed by atoms with van der Waals surface area (Å²) in [6.07, 6.45) is 2.62. The standard InChI is InChI=1S/C37H48N4O10/c1-22-16-28(50-26(5)42)17-23(2)35(22)38-32(44)10-7-12-40-13-9-15-41(31(21-40)30(37(48)49)20-34(46)47)14-8-11-33(45)39-36-24(3)18-29(19-25(36)4)51-27(6)43/h16-20,31H,7-15,21H2,1-6H3,(H,38,44)(H,39,45)(H,46,47)(H,48,49)/b30-20+. The van der Waals surface area contributed by atoms with Gasteiger partial charge in [-0.15, -0.1) is 0 Å². The average molecular weight is 709 g/mol. The lowest BCUT2D eigenvalue weighted by Crippen LogP contribution is -2.45. The lowest BCUT2D eigenvalue weighted by molar-refractivity contribution is -0.135. The molecule has 1 unspecified atom stereocenters. The Morgan fingerprint density at radius 3 is 1.61 bits per heavy atom. The predicted molar refractivity (Wildman–Crippen MR) is 190 cm³/mol. The van der Waals surface area contributed by atoms with Crippen molar-refractivity contribution in [2.45, 2.75) is 79.7 Å². The largest absolute Gasteiger partial charge is 0.478 e. The van der Waals surface area contributed by atoms with Crippen molar-refractivity contribution in [3.8, 4) is 11.5 Å². The van der Waals surface area contributed by atoms with Gasteiger partial charge in [0.05, 0.1) is 11.6 Å². The number of benzene rings is 2. The molecule has 0 spiro atoms. The highest BCUT2D eigenvalue weighted by Crippen LogP contribution is 2.28. The maximum atomic E-state index is 12.9. The second kappa shape index (κ2) is 18.8. The highest BCUT2D eigenvalue weighted by atomic mass is 16.5. The molecule has 1 heterocycles. The maximum absolute atomic E-state index is 12.9. The number of aliphatic carboxylic acids is 2. The molecule has 2 aromatic rings. The van der Waals surface area contributed by atoms with Gasteiger partial charge in [0.1, 0.15) is 11.5 Å². The molecule has 0 aliphatic carbocycles. The fourth-order valence-corrected chi connectivity index (χ4v) is 6.31. The third-order valence-electron chi connectivity index (χ3n) is 8.47. The van der Waals surface area contributed by atoms with E-state index in [1.807, 2.05) is 23.6 Å². The SMILES string of the molecule is CC(=O)Oc1cc(C)c(NC(=O)CCCN2CCCN(CCCC(=O)Nc3c(C)cc(OC(C)=O)cc3C)C(/C(=C\C(=O)O)C(=O)O)C2)c(C)c1. The lowest BCUT2D eigenvalue weighted by Gasteiger charge is -2.32. The van der Waals surface area contributed by atoms with Crippen LogP contribution in [0.1, 0.15) is 68.2 Å². The summed E-state index contributed by atoms with van der Waals surface area (Å²) >= 11 is 0. The summed E-state index contributed by atoms with van der Waals surface area (Å²) in [6.45, 7) is 12.0. The van der Waals surface area contributed by atoms with Gasteiger partial charge in [0.25, 0.3) is 0 Å². The van der Waals surface area contributed by atoms with Gasteiger partial charge in [-0.3, -0.25) is 24.1 Å². The number of rotatable bonds is 15. The topological polar surface area (TPSA) is 192 Å². The minimum atomic E-state index is -1.36. The first-order chi connectivity index (χ1) is 24.0. The van der Waals surface area contributed by atoms with E-state index in [2.05, 4.69) is 10.6 Å². The molecule has 276 valence electrons. The van der Waals surface area contributed by atoms with E-state index in [4.69, 9.17) is 9.47 Å². The number of ether oxygens (including phenoxy) is 2. The van der Waals surface area contributed by atoms with Gasteiger partial charge >= 0.3 is 23.9 Å². The summed E-state index contributed by atoms with van der Waals surface area (Å²) in [5, 5.41) is 25.3. The first-order valence-electron chi connectivity index (χ1n) is 16.9. The van der Waals surface area contributed by atoms with Gasteiger partial charge in [-0.1, -0.05) is 0 Å². The van der Waals surface area contributed by atoms with Crippen LogP contribution in [0.3, 0.4) is 0 Å². The van der Waals surface area contributed by atoms with Gasteiger partial charge < -0.3 is 35.2 Å². The van der Waals surface area contributed by atoms with Gasteiger partial charge in [-0.2, -0.15) is 0 Å². The molecule has 2 amide bonds. The molecule has 0 aromatic heterocycles. The third kappa shape index (κ3) is 12.6. The van der Waals surface area contributed by atoms with Crippen molar-refractivity contribution in [3.63, 3.8) is 0 Å². The number of nitrogens with one attached hydrogen (secondary N) is 2. The molecule has 1 atom stereocenters. The second-order valence-corrected chi connectivity index (χ2v) is 12.8. The van der Waals surface area contributed by atoms with Gasteiger partial charge in [0, 0.05) is 57.2 Å². The maximum Gasteiger partial charge on any atom is 0.333 e. The molecule has 3 rings (SSSR count). The Bertz CT molecular complexity index is 1640. The zero-order valence-corrected chi connectivity index (χ0v) is 30.1. The Hall–Kier alpha value is -5.08. The summed E-state index contributed by atoms with van der Waals surface area (Å²) in [6, 6.07) is 5.94. The van der Waals surface area contributed by atoms with Crippen molar-refractivity contribution >= 4 is 47.1 Å². The lowest BCUT2D eigenvalue weighted by atomic mass is 10.0. The van der Waals surface area contributed by atoms with Crippen LogP contribution in [0.15, 0.2) is 35.9 Å². The van der Waals surface area contributed by atoms with Crippen molar-refractivity contribution in [2.24, 2.45) is 0 Å². The molecule has 1 aliphatic heterocycles. The smallest absolute Gasteiger partial charge is 0.333 e. The van der Waals surface area contributed by atoms with Crippen molar-refractivity contribution in [2.75, 3.05) is 43.4 Å². The highest BCUT2D eigenvalue weighted by Gasteiger charge is 2.31. The zero-order valence-electron chi connectivity index (χ0n) is 30.1. The van der Waals surface area contributed by atoms with Crippen LogP contribution in [0.2, 0.25) is 0 Å². The zero-order chi connectivity index (χ0) is 37.8. The number of anilines is 2. The number of carbonyl (C=O) groups excluding carboxylic acids is 4. The van der Waals surface area contributed by atoms with Crippen LogP contribution in [0.5, 0.6) is 11.5 Å². The summed E-state index contributed by atoms with van der Waals surface area (Å²) in [5.41, 5.74) is 3.97. The van der Waals surface area contributed by atoms with Gasteiger partial charge in [-0.05, 0) is 113 Å². The second-order valence-electron chi connectivity index (χ2n) is 12.8. The van der Waals surface area contributed by atoms with Crippen LogP contribution in [0, 0.1) is 27.7 Å². The average Bonchev–Trinajstić information content (AvgIpc) is 3.20. The molecular formula is C37H48N4O10. The van der Waals surface area contributed by atoms with Crippen molar-refractivity contribution in [1.82, 2.24) is 9.80 Å². The Morgan fingerprint density at radius 2 is 1.20 bits per heavy atom. The van der Waals surface area contributed by atoms with E-state index in [0.717, 1.165) is 28.3 Å². The van der Waals surface area contributed by atoms with Gasteiger partial charge in [0.2, 0.25) is 11.8 Å². The van der Waals surface area contributed by atoms with E-state index in [1.54, 1.807) is 38.1 Å². The molecule has 1 aliphatic rings. The number of esters is 2. The van der Waals surface area contributed by atoms with Gasteiger partial charge in [-0.25, -0.2) is 9.59 Å². The van der Waals surface area contributed by atoms with E-state index < -0.39 is 29.9 Å². The summed E-state index contributed by atoms with van der Waals surface area (Å²) in [7, 11) is 0. The molecule has 1 fully saturated rings. The number of carboxylic acids is 2. The molecule has 0 bridgehead atoms. The molecular weight excluding hydrogens is 660 g/mol.